The molecule has 2 aromatic rings. The molecule has 9 nitrogen and oxygen atoms in total. The lowest BCUT2D eigenvalue weighted by Gasteiger charge is -2.36. The van der Waals surface area contributed by atoms with Crippen molar-refractivity contribution in [3.8, 4) is 11.5 Å². The van der Waals surface area contributed by atoms with Gasteiger partial charge in [0.15, 0.2) is 11.5 Å². The van der Waals surface area contributed by atoms with Crippen LogP contribution < -0.4 is 14.8 Å². The highest BCUT2D eigenvalue weighted by Crippen LogP contribution is 2.31. The van der Waals surface area contributed by atoms with Crippen molar-refractivity contribution in [1.82, 2.24) is 9.21 Å². The molecule has 0 radical (unpaired) electrons. The third kappa shape index (κ3) is 4.49. The molecule has 2 aliphatic heterocycles. The average molecular weight is 445 g/mol. The molecule has 0 bridgehead atoms. The normalized spacial score (nSPS) is 19.0. The van der Waals surface area contributed by atoms with Gasteiger partial charge in [-0.25, -0.2) is 8.42 Å². The van der Waals surface area contributed by atoms with Crippen molar-refractivity contribution in [3.05, 3.63) is 48.5 Å². The largest absolute Gasteiger partial charge is 0.485 e. The quantitative estimate of drug-likeness (QED) is 0.761. The minimum atomic E-state index is -3.69. The molecular formula is C21H23N3O6S. The summed E-state index contributed by atoms with van der Waals surface area (Å²) in [7, 11) is -3.69. The van der Waals surface area contributed by atoms with Gasteiger partial charge in [0.05, 0.1) is 4.90 Å². The van der Waals surface area contributed by atoms with Crippen LogP contribution in [0.3, 0.4) is 0 Å². The monoisotopic (exact) mass is 445 g/mol. The number of nitrogens with one attached hydrogen (secondary N) is 1. The van der Waals surface area contributed by atoms with Crippen molar-refractivity contribution in [2.45, 2.75) is 17.9 Å². The van der Waals surface area contributed by atoms with E-state index in [0.29, 0.717) is 17.2 Å². The van der Waals surface area contributed by atoms with Crippen LogP contribution in [0.4, 0.5) is 5.69 Å². The Balaban J connectivity index is 1.37. The van der Waals surface area contributed by atoms with Gasteiger partial charge in [-0.05, 0) is 36.4 Å². The number of hydrogen-bond donors (Lipinski definition) is 1. The van der Waals surface area contributed by atoms with E-state index < -0.39 is 16.1 Å². The second kappa shape index (κ2) is 8.56. The van der Waals surface area contributed by atoms with Gasteiger partial charge in [-0.1, -0.05) is 12.1 Å². The van der Waals surface area contributed by atoms with Crippen molar-refractivity contribution >= 4 is 27.5 Å². The smallest absolute Gasteiger partial charge is 0.267 e. The fraction of sp³-hybridized carbons (Fsp3) is 0.333. The van der Waals surface area contributed by atoms with Crippen molar-refractivity contribution < 1.29 is 27.5 Å². The molecule has 0 aliphatic carbocycles. The van der Waals surface area contributed by atoms with Gasteiger partial charge in [0.1, 0.15) is 6.61 Å². The number of amides is 2. The topological polar surface area (TPSA) is 105 Å². The maximum Gasteiger partial charge on any atom is 0.267 e. The first-order chi connectivity index (χ1) is 14.8. The summed E-state index contributed by atoms with van der Waals surface area (Å²) in [5.41, 5.74) is 0.526. The summed E-state index contributed by atoms with van der Waals surface area (Å²) in [6, 6.07) is 13.2. The van der Waals surface area contributed by atoms with Gasteiger partial charge in [-0.15, -0.1) is 0 Å². The second-order valence-corrected chi connectivity index (χ2v) is 9.24. The molecular weight excluding hydrogens is 422 g/mol. The minimum absolute atomic E-state index is 0.120. The number of rotatable bonds is 4. The highest BCUT2D eigenvalue weighted by molar-refractivity contribution is 7.89. The first-order valence-electron chi connectivity index (χ1n) is 9.90. The number of carbonyl (C=O) groups excluding carboxylic acids is 2. The molecule has 164 valence electrons. The van der Waals surface area contributed by atoms with E-state index in [1.165, 1.54) is 23.4 Å². The van der Waals surface area contributed by atoms with Crippen molar-refractivity contribution in [1.29, 1.82) is 0 Å². The number of para-hydroxylation sites is 2. The molecule has 0 spiro atoms. The van der Waals surface area contributed by atoms with E-state index in [-0.39, 0.29) is 49.5 Å². The average Bonchev–Trinajstić information content (AvgIpc) is 2.78. The van der Waals surface area contributed by atoms with E-state index in [9.17, 15) is 18.0 Å². The number of hydrogen-bond acceptors (Lipinski definition) is 6. The minimum Gasteiger partial charge on any atom is -0.485 e. The fourth-order valence-electron chi connectivity index (χ4n) is 3.56. The van der Waals surface area contributed by atoms with Crippen LogP contribution in [0.2, 0.25) is 0 Å². The standard InChI is InChI=1S/C21H23N3O6S/c1-15(25)22-16-6-8-17(9-7-16)31(27,28)24-12-10-23(11-13-24)21(26)20-14-29-18-4-2-3-5-19(18)30-20/h2-9,20H,10-14H2,1H3,(H,22,25). The number of carbonyl (C=O) groups is 2. The Morgan fingerprint density at radius 1 is 0.968 bits per heavy atom. The number of ether oxygens (including phenoxy) is 2. The molecule has 4 rings (SSSR count). The SMILES string of the molecule is CC(=O)Nc1ccc(S(=O)(=O)N2CCN(C(=O)C3COc4ccccc4O3)CC2)cc1. The summed E-state index contributed by atoms with van der Waals surface area (Å²) in [5, 5.41) is 2.61. The van der Waals surface area contributed by atoms with E-state index in [0.717, 1.165) is 0 Å². The Morgan fingerprint density at radius 2 is 1.61 bits per heavy atom. The predicted octanol–water partition coefficient (Wildman–Crippen LogP) is 1.32. The molecule has 31 heavy (non-hydrogen) atoms. The van der Waals surface area contributed by atoms with Gasteiger partial charge < -0.3 is 19.7 Å². The molecule has 2 heterocycles. The van der Waals surface area contributed by atoms with Crippen LogP contribution in [0.5, 0.6) is 11.5 Å². The van der Waals surface area contributed by atoms with Gasteiger partial charge in [0.25, 0.3) is 5.91 Å². The van der Waals surface area contributed by atoms with Crippen LogP contribution in [-0.4, -0.2) is 68.3 Å². The number of nitrogens with zero attached hydrogens (tertiary/aromatic N) is 2. The number of piperazine rings is 1. The van der Waals surface area contributed by atoms with Crippen molar-refractivity contribution in [3.63, 3.8) is 0 Å². The summed E-state index contributed by atoms with van der Waals surface area (Å²) in [4.78, 5) is 25.7. The number of benzene rings is 2. The van der Waals surface area contributed by atoms with Gasteiger partial charge >= 0.3 is 0 Å². The van der Waals surface area contributed by atoms with E-state index >= 15 is 0 Å². The molecule has 1 fully saturated rings. The zero-order valence-corrected chi connectivity index (χ0v) is 17.8. The Bertz CT molecular complexity index is 1080. The molecule has 1 atom stereocenters. The lowest BCUT2D eigenvalue weighted by atomic mass is 10.2. The summed E-state index contributed by atoms with van der Waals surface area (Å²) in [6.45, 7) is 2.41. The van der Waals surface area contributed by atoms with Gasteiger partial charge in [0.2, 0.25) is 22.0 Å². The molecule has 2 aliphatic rings. The Labute approximate surface area is 180 Å². The molecule has 2 amide bonds. The first-order valence-corrected chi connectivity index (χ1v) is 11.3. The van der Waals surface area contributed by atoms with Crippen molar-refractivity contribution in [2.75, 3.05) is 38.1 Å². The molecule has 1 saturated heterocycles. The van der Waals surface area contributed by atoms with Crippen LogP contribution in [0, 0.1) is 0 Å². The van der Waals surface area contributed by atoms with Crippen LogP contribution in [0.25, 0.3) is 0 Å². The van der Waals surface area contributed by atoms with Crippen LogP contribution in [0.15, 0.2) is 53.4 Å². The Kier molecular flexibility index (Phi) is 5.84. The maximum atomic E-state index is 12.9. The summed E-state index contributed by atoms with van der Waals surface area (Å²) < 4.78 is 38.6. The van der Waals surface area contributed by atoms with E-state index in [1.807, 2.05) is 6.07 Å². The van der Waals surface area contributed by atoms with E-state index in [2.05, 4.69) is 5.32 Å². The van der Waals surface area contributed by atoms with Crippen LogP contribution >= 0.6 is 0 Å². The van der Waals surface area contributed by atoms with Crippen molar-refractivity contribution in [2.24, 2.45) is 0 Å². The second-order valence-electron chi connectivity index (χ2n) is 7.30. The van der Waals surface area contributed by atoms with E-state index in [4.69, 9.17) is 9.47 Å². The summed E-state index contributed by atoms with van der Waals surface area (Å²) in [5.74, 6) is 0.682. The van der Waals surface area contributed by atoms with Gasteiger partial charge in [0, 0.05) is 38.8 Å². The zero-order valence-electron chi connectivity index (χ0n) is 17.0. The number of anilines is 1. The summed E-state index contributed by atoms with van der Waals surface area (Å²) >= 11 is 0. The van der Waals surface area contributed by atoms with Gasteiger partial charge in [-0.2, -0.15) is 4.31 Å². The first kappa shape index (κ1) is 21.1. The Morgan fingerprint density at radius 3 is 2.26 bits per heavy atom. The molecule has 2 aromatic carbocycles. The highest BCUT2D eigenvalue weighted by Gasteiger charge is 2.35. The lowest BCUT2D eigenvalue weighted by Crippen LogP contribution is -2.55. The maximum absolute atomic E-state index is 12.9. The van der Waals surface area contributed by atoms with Crippen LogP contribution in [0.1, 0.15) is 6.92 Å². The molecule has 0 aromatic heterocycles. The molecule has 1 N–H and O–H groups in total. The summed E-state index contributed by atoms with van der Waals surface area (Å²) in [6.07, 6.45) is -0.751. The molecule has 10 heteroatoms. The molecule has 0 saturated carbocycles. The van der Waals surface area contributed by atoms with Gasteiger partial charge in [-0.3, -0.25) is 9.59 Å². The third-order valence-corrected chi connectivity index (χ3v) is 7.06. The molecule has 1 unspecified atom stereocenters. The number of sulfonamides is 1. The number of fused-ring (bicyclic) bond motifs is 1. The van der Waals surface area contributed by atoms with E-state index in [1.54, 1.807) is 35.2 Å². The Hall–Kier alpha value is -3.11. The lowest BCUT2D eigenvalue weighted by molar-refractivity contribution is -0.142. The predicted molar refractivity (Wildman–Crippen MR) is 112 cm³/mol. The highest BCUT2D eigenvalue weighted by atomic mass is 32.2. The zero-order chi connectivity index (χ0) is 22.0. The van der Waals surface area contributed by atoms with Crippen LogP contribution in [-0.2, 0) is 19.6 Å². The fourth-order valence-corrected chi connectivity index (χ4v) is 4.98. The third-order valence-electron chi connectivity index (χ3n) is 5.15.